The van der Waals surface area contributed by atoms with Crippen LogP contribution in [-0.2, 0) is 14.8 Å². The number of carboxylic acids is 1. The first-order valence-electron chi connectivity index (χ1n) is 6.34. The molecule has 0 saturated heterocycles. The lowest BCUT2D eigenvalue weighted by molar-refractivity contribution is -0.140. The highest BCUT2D eigenvalue weighted by atomic mass is 32.2. The summed E-state index contributed by atoms with van der Waals surface area (Å²) in [6.45, 7) is 3.51. The van der Waals surface area contributed by atoms with Gasteiger partial charge in [-0.2, -0.15) is 4.72 Å². The second-order valence-corrected chi connectivity index (χ2v) is 6.18. The fourth-order valence-corrected chi connectivity index (χ4v) is 2.70. The number of sulfonamides is 1. The van der Waals surface area contributed by atoms with Gasteiger partial charge in [-0.3, -0.25) is 4.79 Å². The Morgan fingerprint density at radius 1 is 1.35 bits per heavy atom. The molecular weight excluding hydrogens is 278 g/mol. The van der Waals surface area contributed by atoms with Crippen LogP contribution in [0.3, 0.4) is 0 Å². The molecule has 0 fully saturated rings. The van der Waals surface area contributed by atoms with E-state index in [1.54, 1.807) is 31.2 Å². The fourth-order valence-electron chi connectivity index (χ4n) is 1.59. The Kier molecular flexibility index (Phi) is 5.91. The zero-order valence-electron chi connectivity index (χ0n) is 11.5. The second kappa shape index (κ2) is 7.21. The van der Waals surface area contributed by atoms with Crippen LogP contribution in [0.25, 0.3) is 6.08 Å². The SMILES string of the molecule is CC[C@H](C)[C@H](NS(=O)(=O)/C=C/c1ccccc1)C(=O)O. The van der Waals surface area contributed by atoms with Crippen molar-refractivity contribution < 1.29 is 18.3 Å². The van der Waals surface area contributed by atoms with Crippen molar-refractivity contribution in [3.8, 4) is 0 Å². The molecule has 1 aromatic carbocycles. The van der Waals surface area contributed by atoms with Crippen molar-refractivity contribution in [3.63, 3.8) is 0 Å². The standard InChI is InChI=1S/C14H19NO4S/c1-3-11(2)13(14(16)17)15-20(18,19)10-9-12-7-5-4-6-8-12/h4-11,13,15H,3H2,1-2H3,(H,16,17)/b10-9+/t11-,13-/m0/s1. The molecule has 0 amide bonds. The summed E-state index contributed by atoms with van der Waals surface area (Å²) in [6, 6.07) is 7.81. The molecule has 110 valence electrons. The van der Waals surface area contributed by atoms with Crippen LogP contribution in [0.5, 0.6) is 0 Å². The van der Waals surface area contributed by atoms with Gasteiger partial charge >= 0.3 is 5.97 Å². The number of rotatable bonds is 7. The minimum Gasteiger partial charge on any atom is -0.480 e. The molecule has 0 heterocycles. The van der Waals surface area contributed by atoms with Crippen LogP contribution < -0.4 is 4.72 Å². The molecule has 5 nitrogen and oxygen atoms in total. The summed E-state index contributed by atoms with van der Waals surface area (Å²) in [5, 5.41) is 10.1. The molecule has 6 heteroatoms. The Morgan fingerprint density at radius 2 is 1.95 bits per heavy atom. The predicted molar refractivity (Wildman–Crippen MR) is 78.4 cm³/mol. The third kappa shape index (κ3) is 5.14. The number of hydrogen-bond acceptors (Lipinski definition) is 3. The highest BCUT2D eigenvalue weighted by Gasteiger charge is 2.27. The quantitative estimate of drug-likeness (QED) is 0.807. The Balaban J connectivity index is 2.83. The van der Waals surface area contributed by atoms with E-state index in [4.69, 9.17) is 5.11 Å². The molecule has 0 unspecified atom stereocenters. The molecule has 2 N–H and O–H groups in total. The van der Waals surface area contributed by atoms with Crippen LogP contribution in [0.2, 0.25) is 0 Å². The van der Waals surface area contributed by atoms with E-state index in [2.05, 4.69) is 4.72 Å². The highest BCUT2D eigenvalue weighted by Crippen LogP contribution is 2.10. The molecule has 0 spiro atoms. The molecular formula is C14H19NO4S. The zero-order valence-corrected chi connectivity index (χ0v) is 12.3. The maximum Gasteiger partial charge on any atom is 0.322 e. The summed E-state index contributed by atoms with van der Waals surface area (Å²) >= 11 is 0. The largest absolute Gasteiger partial charge is 0.480 e. The van der Waals surface area contributed by atoms with Gasteiger partial charge in [0, 0.05) is 5.41 Å². The van der Waals surface area contributed by atoms with Crippen molar-refractivity contribution in [1.82, 2.24) is 4.72 Å². The topological polar surface area (TPSA) is 83.5 Å². The Bertz CT molecular complexity index is 566. The molecule has 2 atom stereocenters. The molecule has 0 bridgehead atoms. The van der Waals surface area contributed by atoms with E-state index in [0.717, 1.165) is 11.0 Å². The first kappa shape index (κ1) is 16.4. The van der Waals surface area contributed by atoms with Gasteiger partial charge < -0.3 is 5.11 Å². The van der Waals surface area contributed by atoms with Crippen LogP contribution in [-0.4, -0.2) is 25.5 Å². The average molecular weight is 297 g/mol. The molecule has 0 aromatic heterocycles. The summed E-state index contributed by atoms with van der Waals surface area (Å²) in [5.41, 5.74) is 0.730. The van der Waals surface area contributed by atoms with E-state index in [0.29, 0.717) is 6.42 Å². The van der Waals surface area contributed by atoms with E-state index in [1.165, 1.54) is 6.08 Å². The molecule has 1 rings (SSSR count). The molecule has 20 heavy (non-hydrogen) atoms. The van der Waals surface area contributed by atoms with Crippen molar-refractivity contribution in [1.29, 1.82) is 0 Å². The lowest BCUT2D eigenvalue weighted by atomic mass is 10.0. The number of carboxylic acid groups (broad SMARTS) is 1. The van der Waals surface area contributed by atoms with Gasteiger partial charge in [-0.25, -0.2) is 8.42 Å². The third-order valence-electron chi connectivity index (χ3n) is 3.01. The summed E-state index contributed by atoms with van der Waals surface area (Å²) in [7, 11) is -3.79. The normalized spacial score (nSPS) is 15.1. The number of benzene rings is 1. The van der Waals surface area contributed by atoms with Gasteiger partial charge in [0.05, 0.1) is 0 Å². The van der Waals surface area contributed by atoms with E-state index in [9.17, 15) is 13.2 Å². The van der Waals surface area contributed by atoms with Gasteiger partial charge in [-0.1, -0.05) is 50.6 Å². The minimum atomic E-state index is -3.79. The van der Waals surface area contributed by atoms with Gasteiger partial charge in [0.15, 0.2) is 0 Å². The van der Waals surface area contributed by atoms with Crippen LogP contribution in [0, 0.1) is 5.92 Å². The van der Waals surface area contributed by atoms with E-state index < -0.39 is 22.0 Å². The molecule has 0 radical (unpaired) electrons. The van der Waals surface area contributed by atoms with Crippen molar-refractivity contribution in [2.45, 2.75) is 26.3 Å². The van der Waals surface area contributed by atoms with Crippen molar-refractivity contribution >= 4 is 22.1 Å². The second-order valence-electron chi connectivity index (χ2n) is 4.58. The number of nitrogens with one attached hydrogen (secondary N) is 1. The van der Waals surface area contributed by atoms with E-state index in [1.807, 2.05) is 13.0 Å². The molecule has 0 aliphatic rings. The lowest BCUT2D eigenvalue weighted by Gasteiger charge is -2.18. The summed E-state index contributed by atoms with van der Waals surface area (Å²) < 4.78 is 26.0. The fraction of sp³-hybridized carbons (Fsp3) is 0.357. The Hall–Kier alpha value is -1.66. The minimum absolute atomic E-state index is 0.285. The van der Waals surface area contributed by atoms with Gasteiger partial charge in [-0.05, 0) is 17.6 Å². The van der Waals surface area contributed by atoms with Crippen LogP contribution >= 0.6 is 0 Å². The third-order valence-corrected chi connectivity index (χ3v) is 4.09. The molecule has 1 aromatic rings. The monoisotopic (exact) mass is 297 g/mol. The summed E-state index contributed by atoms with van der Waals surface area (Å²) in [4.78, 5) is 11.1. The summed E-state index contributed by atoms with van der Waals surface area (Å²) in [5.74, 6) is -1.46. The molecule has 0 saturated carbocycles. The van der Waals surface area contributed by atoms with E-state index in [-0.39, 0.29) is 5.92 Å². The predicted octanol–water partition coefficient (Wildman–Crippen LogP) is 2.08. The lowest BCUT2D eigenvalue weighted by Crippen LogP contribution is -2.44. The first-order valence-corrected chi connectivity index (χ1v) is 7.88. The number of hydrogen-bond donors (Lipinski definition) is 2. The van der Waals surface area contributed by atoms with Gasteiger partial charge in [0.25, 0.3) is 0 Å². The van der Waals surface area contributed by atoms with E-state index >= 15 is 0 Å². The maximum absolute atomic E-state index is 11.9. The summed E-state index contributed by atoms with van der Waals surface area (Å²) in [6.07, 6.45) is 2.00. The van der Waals surface area contributed by atoms with Crippen LogP contribution in [0.1, 0.15) is 25.8 Å². The Morgan fingerprint density at radius 3 is 2.45 bits per heavy atom. The van der Waals surface area contributed by atoms with Gasteiger partial charge in [0.2, 0.25) is 10.0 Å². The zero-order chi connectivity index (χ0) is 15.2. The van der Waals surface area contributed by atoms with Crippen LogP contribution in [0.15, 0.2) is 35.7 Å². The highest BCUT2D eigenvalue weighted by molar-refractivity contribution is 7.92. The smallest absolute Gasteiger partial charge is 0.322 e. The average Bonchev–Trinajstić information content (AvgIpc) is 2.43. The Labute approximate surface area is 119 Å². The number of aliphatic carboxylic acids is 1. The molecule has 0 aliphatic heterocycles. The number of carbonyl (C=O) groups is 1. The maximum atomic E-state index is 11.9. The van der Waals surface area contributed by atoms with Crippen LogP contribution in [0.4, 0.5) is 0 Å². The van der Waals surface area contributed by atoms with Gasteiger partial charge in [-0.15, -0.1) is 0 Å². The first-order chi connectivity index (χ1) is 9.35. The molecule has 0 aliphatic carbocycles. The van der Waals surface area contributed by atoms with Gasteiger partial charge in [0.1, 0.15) is 6.04 Å². The van der Waals surface area contributed by atoms with Crippen molar-refractivity contribution in [3.05, 3.63) is 41.3 Å². The van der Waals surface area contributed by atoms with Crippen molar-refractivity contribution in [2.24, 2.45) is 5.92 Å². The van der Waals surface area contributed by atoms with Crippen molar-refractivity contribution in [2.75, 3.05) is 0 Å².